The molecule has 4 nitrogen and oxygen atoms in total. The lowest BCUT2D eigenvalue weighted by molar-refractivity contribution is -0.116. The van der Waals surface area contributed by atoms with Gasteiger partial charge >= 0.3 is 0 Å². The van der Waals surface area contributed by atoms with Gasteiger partial charge in [0, 0.05) is 12.6 Å². The molecule has 5 heteroatoms. The number of thiol groups is 1. The minimum Gasteiger partial charge on any atom is -0.370 e. The molecule has 2 heterocycles. The van der Waals surface area contributed by atoms with E-state index in [0.29, 0.717) is 0 Å². The molecule has 0 radical (unpaired) electrons. The Bertz CT molecular complexity index is 391. The maximum atomic E-state index is 10.7. The van der Waals surface area contributed by atoms with Crippen molar-refractivity contribution in [2.45, 2.75) is 6.42 Å². The highest BCUT2D eigenvalue weighted by molar-refractivity contribution is 7.85. The van der Waals surface area contributed by atoms with E-state index in [1.807, 2.05) is 17.9 Å². The molecule has 1 aromatic heterocycles. The summed E-state index contributed by atoms with van der Waals surface area (Å²) in [5, 5.41) is 0.916. The summed E-state index contributed by atoms with van der Waals surface area (Å²) in [6.07, 6.45) is 3.68. The Morgan fingerprint density at radius 2 is 2.53 bits per heavy atom. The van der Waals surface area contributed by atoms with Crippen molar-refractivity contribution in [3.8, 4) is 0 Å². The minimum atomic E-state index is -0.354. The molecule has 1 aliphatic heterocycles. The third-order valence-corrected chi connectivity index (χ3v) is 2.89. The van der Waals surface area contributed by atoms with Gasteiger partial charge in [-0.2, -0.15) is 17.5 Å². The first kappa shape index (κ1) is 9.92. The number of hydrogen-bond donors (Lipinski definition) is 1. The highest BCUT2D eigenvalue weighted by atomic mass is 32.2. The van der Waals surface area contributed by atoms with Crippen LogP contribution in [0.3, 0.4) is 0 Å². The number of carbonyl (C=O) groups is 1. The quantitative estimate of drug-likeness (QED) is 0.450. The number of hydrogen-bond acceptors (Lipinski definition) is 3. The van der Waals surface area contributed by atoms with Gasteiger partial charge in [-0.3, -0.25) is 4.79 Å². The Labute approximate surface area is 92.0 Å². The number of nitrogens with two attached hydrogens (primary N) is 1. The van der Waals surface area contributed by atoms with Gasteiger partial charge < -0.3 is 15.7 Å². The van der Waals surface area contributed by atoms with Gasteiger partial charge in [0.1, 0.15) is 5.37 Å². The van der Waals surface area contributed by atoms with Gasteiger partial charge in [-0.25, -0.2) is 0 Å². The Morgan fingerprint density at radius 3 is 3.20 bits per heavy atom. The molecule has 0 atom stereocenters. The molecule has 0 fully saturated rings. The standard InChI is InChI=1S/C10H10N3OS/c11-9(14)4-8-6-15-10(13-8)7-2-1-3-12-5-7/h1-3,5-6,15H,4H2,(H2,11,14)/q-1. The van der Waals surface area contributed by atoms with Crippen LogP contribution in [0, 0.1) is 11.1 Å². The Balaban J connectivity index is 2.09. The molecule has 2 N–H and O–H groups in total. The van der Waals surface area contributed by atoms with Gasteiger partial charge in [0.15, 0.2) is 0 Å². The van der Waals surface area contributed by atoms with Crippen molar-refractivity contribution in [3.63, 3.8) is 0 Å². The smallest absolute Gasteiger partial charge is 0.211 e. The van der Waals surface area contributed by atoms with E-state index in [1.54, 1.807) is 12.4 Å². The summed E-state index contributed by atoms with van der Waals surface area (Å²) < 4.78 is 0. The van der Waals surface area contributed by atoms with Gasteiger partial charge in [-0.15, -0.1) is 11.8 Å². The average molecular weight is 220 g/mol. The topological polar surface area (TPSA) is 68.3 Å². The van der Waals surface area contributed by atoms with E-state index in [4.69, 9.17) is 5.73 Å². The van der Waals surface area contributed by atoms with Crippen molar-refractivity contribution in [3.05, 3.63) is 41.2 Å². The fourth-order valence-corrected chi connectivity index (χ4v) is 2.12. The van der Waals surface area contributed by atoms with Crippen LogP contribution in [0.15, 0.2) is 29.5 Å². The van der Waals surface area contributed by atoms with E-state index in [2.05, 4.69) is 9.98 Å². The van der Waals surface area contributed by atoms with Crippen molar-refractivity contribution >= 4 is 23.4 Å². The molecule has 0 aliphatic carbocycles. The zero-order chi connectivity index (χ0) is 10.7. The maximum absolute atomic E-state index is 10.7. The molecule has 1 aliphatic rings. The molecule has 1 aromatic rings. The van der Waals surface area contributed by atoms with Crippen LogP contribution < -0.4 is 5.73 Å². The number of pyridine rings is 1. The van der Waals surface area contributed by atoms with Crippen LogP contribution in [0.4, 0.5) is 0 Å². The van der Waals surface area contributed by atoms with Crippen molar-refractivity contribution in [1.82, 2.24) is 4.98 Å². The van der Waals surface area contributed by atoms with Crippen molar-refractivity contribution in [1.29, 1.82) is 0 Å². The number of rotatable bonds is 3. The largest absolute Gasteiger partial charge is 0.370 e. The summed E-state index contributed by atoms with van der Waals surface area (Å²) in [6, 6.07) is 3.80. The number of aliphatic imine (C=N–C) groups is 1. The van der Waals surface area contributed by atoms with E-state index in [1.165, 1.54) is 0 Å². The van der Waals surface area contributed by atoms with Crippen molar-refractivity contribution in [2.24, 2.45) is 10.7 Å². The Morgan fingerprint density at radius 1 is 1.67 bits per heavy atom. The second-order valence-electron chi connectivity index (χ2n) is 3.07. The second kappa shape index (κ2) is 4.27. The van der Waals surface area contributed by atoms with Crippen molar-refractivity contribution in [2.75, 3.05) is 0 Å². The number of carbonyl (C=O) groups excluding carboxylic acids is 1. The number of nitrogens with zero attached hydrogens (tertiary/aromatic N) is 2. The molecule has 0 unspecified atom stereocenters. The fraction of sp³-hybridized carbons (Fsp3) is 0.100. The monoisotopic (exact) mass is 220 g/mol. The fourth-order valence-electron chi connectivity index (χ4n) is 1.23. The SMILES string of the molecule is NC(=O)CC1=N[C-](c2cccnc2)[SH+][CH-]1. The Kier molecular flexibility index (Phi) is 2.82. The molecular formula is C10H10N3OS-. The van der Waals surface area contributed by atoms with Crippen molar-refractivity contribution < 1.29 is 4.79 Å². The number of amides is 1. The van der Waals surface area contributed by atoms with Crippen LogP contribution in [-0.4, -0.2) is 16.6 Å². The van der Waals surface area contributed by atoms with Gasteiger partial charge in [0.25, 0.3) is 0 Å². The highest BCUT2D eigenvalue weighted by Crippen LogP contribution is 2.25. The zero-order valence-corrected chi connectivity index (χ0v) is 8.82. The normalized spacial score (nSPS) is 14.7. The van der Waals surface area contributed by atoms with E-state index in [0.717, 1.165) is 28.4 Å². The summed E-state index contributed by atoms with van der Waals surface area (Å²) in [5.41, 5.74) is 6.81. The van der Waals surface area contributed by atoms with E-state index >= 15 is 0 Å². The summed E-state index contributed by atoms with van der Waals surface area (Å²) in [6.45, 7) is 0. The molecule has 2 rings (SSSR count). The van der Waals surface area contributed by atoms with Crippen LogP contribution in [0.1, 0.15) is 12.0 Å². The molecule has 0 saturated carbocycles. The van der Waals surface area contributed by atoms with E-state index in [-0.39, 0.29) is 12.3 Å². The molecule has 0 bridgehead atoms. The minimum absolute atomic E-state index is 0.205. The van der Waals surface area contributed by atoms with Gasteiger partial charge in [-0.05, 0) is 6.20 Å². The summed E-state index contributed by atoms with van der Waals surface area (Å²) in [5.74, 6) is 1.54. The first-order valence-corrected chi connectivity index (χ1v) is 5.39. The molecule has 0 spiro atoms. The number of primary amides is 1. The lowest BCUT2D eigenvalue weighted by Gasteiger charge is -2.07. The average Bonchev–Trinajstić information content (AvgIpc) is 2.67. The maximum Gasteiger partial charge on any atom is 0.211 e. The van der Waals surface area contributed by atoms with Crippen LogP contribution in [-0.2, 0) is 16.6 Å². The van der Waals surface area contributed by atoms with Crippen LogP contribution >= 0.6 is 0 Å². The van der Waals surface area contributed by atoms with E-state index in [9.17, 15) is 4.79 Å². The molecule has 0 saturated heterocycles. The van der Waals surface area contributed by atoms with Gasteiger partial charge in [-0.1, -0.05) is 11.6 Å². The third-order valence-electron chi connectivity index (χ3n) is 1.86. The molecule has 78 valence electrons. The summed E-state index contributed by atoms with van der Waals surface area (Å²) >= 11 is 0.991. The first-order valence-electron chi connectivity index (χ1n) is 4.43. The molecular weight excluding hydrogens is 210 g/mol. The van der Waals surface area contributed by atoms with Crippen LogP contribution in [0.25, 0.3) is 0 Å². The molecule has 1 amide bonds. The van der Waals surface area contributed by atoms with Gasteiger partial charge in [0.2, 0.25) is 5.91 Å². The second-order valence-corrected chi connectivity index (χ2v) is 4.01. The molecule has 0 aromatic carbocycles. The zero-order valence-electron chi connectivity index (χ0n) is 7.92. The lowest BCUT2D eigenvalue weighted by Crippen LogP contribution is -2.15. The third kappa shape index (κ3) is 2.44. The van der Waals surface area contributed by atoms with Crippen LogP contribution in [0.5, 0.6) is 0 Å². The summed E-state index contributed by atoms with van der Waals surface area (Å²) in [4.78, 5) is 19.0. The molecule has 15 heavy (non-hydrogen) atoms. The predicted molar refractivity (Wildman–Crippen MR) is 60.9 cm³/mol. The van der Waals surface area contributed by atoms with E-state index < -0.39 is 0 Å². The van der Waals surface area contributed by atoms with Gasteiger partial charge in [0.05, 0.1) is 0 Å². The Hall–Kier alpha value is -1.62. The highest BCUT2D eigenvalue weighted by Gasteiger charge is 2.13. The summed E-state index contributed by atoms with van der Waals surface area (Å²) in [7, 11) is 0. The predicted octanol–water partition coefficient (Wildman–Crippen LogP) is 0.226. The lowest BCUT2D eigenvalue weighted by atomic mass is 10.2. The van der Waals surface area contributed by atoms with Crippen LogP contribution in [0.2, 0.25) is 0 Å². The first-order chi connectivity index (χ1) is 7.25. The number of aromatic nitrogens is 1.